The summed E-state index contributed by atoms with van der Waals surface area (Å²) in [6, 6.07) is 5.92. The van der Waals surface area contributed by atoms with E-state index in [1.165, 1.54) is 31.4 Å². The van der Waals surface area contributed by atoms with Crippen molar-refractivity contribution in [2.24, 2.45) is 0 Å². The maximum atomic E-state index is 10.6. The van der Waals surface area contributed by atoms with Gasteiger partial charge in [0, 0.05) is 18.7 Å². The molecule has 0 bridgehead atoms. The molecule has 12 nitrogen and oxygen atoms in total. The van der Waals surface area contributed by atoms with Gasteiger partial charge in [0.25, 0.3) is 5.69 Å². The van der Waals surface area contributed by atoms with Gasteiger partial charge >= 0.3 is 0 Å². The smallest absolute Gasteiger partial charge is 0.269 e. The number of nitro benzene ring substituents is 1. The minimum Gasteiger partial charge on any atom is -0.491 e. The molecule has 12 heteroatoms. The zero-order valence-corrected chi connectivity index (χ0v) is 24.1. The van der Waals surface area contributed by atoms with Crippen LogP contribution in [0, 0.1) is 10.1 Å². The van der Waals surface area contributed by atoms with Gasteiger partial charge in [0.05, 0.1) is 104 Å². The van der Waals surface area contributed by atoms with Crippen LogP contribution in [0.3, 0.4) is 0 Å². The van der Waals surface area contributed by atoms with E-state index in [1.54, 1.807) is 12.1 Å². The fraction of sp³-hybridized carbons (Fsp3) is 0.786. The summed E-state index contributed by atoms with van der Waals surface area (Å²) in [4.78, 5) is 10.2. The molecule has 0 aliphatic heterocycles. The molecule has 0 fully saturated rings. The Balaban J connectivity index is 1.67. The molecule has 0 atom stereocenters. The van der Waals surface area contributed by atoms with Crippen LogP contribution in [-0.4, -0.2) is 117 Å². The topological polar surface area (TPSA) is 126 Å². The van der Waals surface area contributed by atoms with E-state index in [2.05, 4.69) is 6.92 Å². The van der Waals surface area contributed by atoms with Gasteiger partial charge in [0.15, 0.2) is 0 Å². The molecule has 0 N–H and O–H groups in total. The van der Waals surface area contributed by atoms with Crippen molar-refractivity contribution in [2.45, 2.75) is 32.6 Å². The Morgan fingerprint density at radius 1 is 0.500 bits per heavy atom. The Hall–Kier alpha value is -1.90. The number of hydrogen-bond donors (Lipinski definition) is 0. The summed E-state index contributed by atoms with van der Waals surface area (Å²) in [6.07, 6.45) is 4.88. The second-order valence-electron chi connectivity index (χ2n) is 8.56. The first-order valence-corrected chi connectivity index (χ1v) is 14.2. The maximum absolute atomic E-state index is 10.6. The number of hydrogen-bond acceptors (Lipinski definition) is 11. The van der Waals surface area contributed by atoms with Crippen LogP contribution in [0.4, 0.5) is 5.69 Å². The highest BCUT2D eigenvalue weighted by Gasteiger charge is 2.04. The van der Waals surface area contributed by atoms with Crippen molar-refractivity contribution in [3.8, 4) is 5.75 Å². The standard InChI is InChI=1S/C28H49NO11/c1-2-3-4-5-10-32-11-12-33-13-14-34-15-16-35-17-18-36-19-20-37-21-22-38-23-24-39-25-26-40-28-8-6-27(7-9-28)29(30)31/h6-9H,2-5,10-26H2,1H3. The second-order valence-corrected chi connectivity index (χ2v) is 8.56. The van der Waals surface area contributed by atoms with E-state index in [0.29, 0.717) is 111 Å². The summed E-state index contributed by atoms with van der Waals surface area (Å²) in [5.74, 6) is 0.562. The molecule has 0 spiro atoms. The lowest BCUT2D eigenvalue weighted by Gasteiger charge is -2.09. The van der Waals surface area contributed by atoms with Gasteiger partial charge in [0.2, 0.25) is 0 Å². The van der Waals surface area contributed by atoms with Crippen LogP contribution in [0.2, 0.25) is 0 Å². The summed E-state index contributed by atoms with van der Waals surface area (Å²) in [7, 11) is 0. The van der Waals surface area contributed by atoms with Crippen LogP contribution in [0.25, 0.3) is 0 Å². The van der Waals surface area contributed by atoms with E-state index in [4.69, 9.17) is 42.6 Å². The van der Waals surface area contributed by atoms with E-state index in [9.17, 15) is 10.1 Å². The number of ether oxygens (including phenoxy) is 9. The van der Waals surface area contributed by atoms with Crippen molar-refractivity contribution in [1.82, 2.24) is 0 Å². The molecule has 0 saturated heterocycles. The molecular weight excluding hydrogens is 526 g/mol. The normalized spacial score (nSPS) is 11.2. The van der Waals surface area contributed by atoms with E-state index in [0.717, 1.165) is 13.0 Å². The molecule has 1 aromatic carbocycles. The largest absolute Gasteiger partial charge is 0.491 e. The third-order valence-corrected chi connectivity index (χ3v) is 5.29. The molecule has 0 saturated carbocycles. The number of nitro groups is 1. The second kappa shape index (κ2) is 28.6. The predicted octanol–water partition coefficient (Wildman–Crippen LogP) is 3.69. The number of rotatable bonds is 31. The summed E-state index contributed by atoms with van der Waals surface area (Å²) in [6.45, 7) is 11.0. The highest BCUT2D eigenvalue weighted by molar-refractivity contribution is 5.35. The van der Waals surface area contributed by atoms with E-state index < -0.39 is 4.92 Å². The molecule has 0 amide bonds. The molecule has 0 aromatic heterocycles. The Labute approximate surface area is 238 Å². The Kier molecular flexibility index (Phi) is 25.9. The van der Waals surface area contributed by atoms with Crippen molar-refractivity contribution < 1.29 is 47.6 Å². The molecule has 40 heavy (non-hydrogen) atoms. The number of unbranched alkanes of at least 4 members (excludes halogenated alkanes) is 3. The van der Waals surface area contributed by atoms with Gasteiger partial charge in [-0.05, 0) is 18.6 Å². The van der Waals surface area contributed by atoms with Crippen molar-refractivity contribution in [3.63, 3.8) is 0 Å². The fourth-order valence-corrected chi connectivity index (χ4v) is 3.15. The van der Waals surface area contributed by atoms with Gasteiger partial charge in [-0.2, -0.15) is 0 Å². The lowest BCUT2D eigenvalue weighted by Crippen LogP contribution is -2.15. The highest BCUT2D eigenvalue weighted by Crippen LogP contribution is 2.17. The van der Waals surface area contributed by atoms with Gasteiger partial charge in [-0.15, -0.1) is 0 Å². The van der Waals surface area contributed by atoms with E-state index in [-0.39, 0.29) is 5.69 Å². The number of benzene rings is 1. The first-order chi connectivity index (χ1) is 19.7. The van der Waals surface area contributed by atoms with Crippen molar-refractivity contribution >= 4 is 5.69 Å². The van der Waals surface area contributed by atoms with Crippen LogP contribution >= 0.6 is 0 Å². The van der Waals surface area contributed by atoms with Gasteiger partial charge in [-0.25, -0.2) is 0 Å². The summed E-state index contributed by atoms with van der Waals surface area (Å²) in [5, 5.41) is 10.6. The zero-order valence-electron chi connectivity index (χ0n) is 24.1. The first kappa shape index (κ1) is 36.1. The van der Waals surface area contributed by atoms with Gasteiger partial charge < -0.3 is 42.6 Å². The van der Waals surface area contributed by atoms with Gasteiger partial charge in [-0.1, -0.05) is 26.2 Å². The molecule has 1 rings (SSSR count). The molecule has 0 radical (unpaired) electrons. The quantitative estimate of drug-likeness (QED) is 0.0731. The maximum Gasteiger partial charge on any atom is 0.269 e. The molecule has 1 aromatic rings. The molecule has 0 heterocycles. The van der Waals surface area contributed by atoms with Crippen molar-refractivity contribution in [2.75, 3.05) is 112 Å². The van der Waals surface area contributed by atoms with Gasteiger partial charge in [-0.3, -0.25) is 10.1 Å². The molecule has 0 unspecified atom stereocenters. The molecule has 0 aliphatic rings. The number of non-ortho nitro benzene ring substituents is 1. The molecule has 0 aliphatic carbocycles. The van der Waals surface area contributed by atoms with Crippen LogP contribution in [0.15, 0.2) is 24.3 Å². The average Bonchev–Trinajstić information content (AvgIpc) is 2.96. The Morgan fingerprint density at radius 3 is 1.20 bits per heavy atom. The van der Waals surface area contributed by atoms with Crippen molar-refractivity contribution in [3.05, 3.63) is 34.4 Å². The van der Waals surface area contributed by atoms with Crippen LogP contribution in [-0.2, 0) is 37.9 Å². The third kappa shape index (κ3) is 23.9. The monoisotopic (exact) mass is 575 g/mol. The lowest BCUT2D eigenvalue weighted by atomic mass is 10.2. The van der Waals surface area contributed by atoms with Crippen LogP contribution < -0.4 is 4.74 Å². The SMILES string of the molecule is CCCCCCOCCOCCOCCOCCOCCOCCOCCOCCOc1ccc([N+](=O)[O-])cc1. The third-order valence-electron chi connectivity index (χ3n) is 5.29. The first-order valence-electron chi connectivity index (χ1n) is 14.2. The summed E-state index contributed by atoms with van der Waals surface area (Å²) < 4.78 is 49.1. The van der Waals surface area contributed by atoms with E-state index >= 15 is 0 Å². The van der Waals surface area contributed by atoms with E-state index in [1.807, 2.05) is 0 Å². The summed E-state index contributed by atoms with van der Waals surface area (Å²) >= 11 is 0. The predicted molar refractivity (Wildman–Crippen MR) is 149 cm³/mol. The zero-order chi connectivity index (χ0) is 28.8. The minimum atomic E-state index is -0.449. The minimum absolute atomic E-state index is 0.0302. The fourth-order valence-electron chi connectivity index (χ4n) is 3.15. The van der Waals surface area contributed by atoms with Crippen LogP contribution in [0.5, 0.6) is 5.75 Å². The van der Waals surface area contributed by atoms with Crippen LogP contribution in [0.1, 0.15) is 32.6 Å². The highest BCUT2D eigenvalue weighted by atomic mass is 16.6. The molecular formula is C28H49NO11. The van der Waals surface area contributed by atoms with Crippen molar-refractivity contribution in [1.29, 1.82) is 0 Å². The Morgan fingerprint density at radius 2 is 0.850 bits per heavy atom. The average molecular weight is 576 g/mol. The van der Waals surface area contributed by atoms with Gasteiger partial charge in [0.1, 0.15) is 12.4 Å². The Bertz CT molecular complexity index is 679. The summed E-state index contributed by atoms with van der Waals surface area (Å²) in [5.41, 5.74) is 0.0302. The number of nitrogens with zero attached hydrogens (tertiary/aromatic N) is 1. The molecule has 232 valence electrons. The lowest BCUT2D eigenvalue weighted by molar-refractivity contribution is -0.384.